The lowest BCUT2D eigenvalue weighted by molar-refractivity contribution is 0.644. The summed E-state index contributed by atoms with van der Waals surface area (Å²) >= 11 is 6.11. The van der Waals surface area contributed by atoms with Crippen molar-refractivity contribution in [2.24, 2.45) is 5.73 Å². The van der Waals surface area contributed by atoms with Crippen molar-refractivity contribution in [3.8, 4) is 0 Å². The van der Waals surface area contributed by atoms with Gasteiger partial charge in [0, 0.05) is 23.0 Å². The van der Waals surface area contributed by atoms with Crippen LogP contribution in [0.3, 0.4) is 0 Å². The van der Waals surface area contributed by atoms with E-state index >= 15 is 0 Å². The lowest BCUT2D eigenvalue weighted by Gasteiger charge is -2.12. The van der Waals surface area contributed by atoms with Crippen LogP contribution < -0.4 is 5.73 Å². The molecule has 0 aliphatic rings. The van der Waals surface area contributed by atoms with Crippen LogP contribution in [0.2, 0.25) is 5.02 Å². The van der Waals surface area contributed by atoms with Gasteiger partial charge in [0.05, 0.1) is 0 Å². The van der Waals surface area contributed by atoms with Crippen LogP contribution >= 0.6 is 11.6 Å². The van der Waals surface area contributed by atoms with Gasteiger partial charge in [-0.15, -0.1) is 0 Å². The predicted octanol–water partition coefficient (Wildman–Crippen LogP) is 3.68. The third-order valence-electron chi connectivity index (χ3n) is 3.06. The summed E-state index contributed by atoms with van der Waals surface area (Å²) in [6, 6.07) is 12.0. The minimum absolute atomic E-state index is 0.00473. The Labute approximate surface area is 113 Å². The summed E-state index contributed by atoms with van der Waals surface area (Å²) < 4.78 is 0. The lowest BCUT2D eigenvalue weighted by atomic mass is 10.0. The molecule has 0 fully saturated rings. The average Bonchev–Trinajstić information content (AvgIpc) is 2.40. The van der Waals surface area contributed by atoms with Crippen LogP contribution in [0.25, 0.3) is 0 Å². The van der Waals surface area contributed by atoms with E-state index < -0.39 is 0 Å². The van der Waals surface area contributed by atoms with Gasteiger partial charge in [-0.3, -0.25) is 4.98 Å². The van der Waals surface area contributed by atoms with Gasteiger partial charge in [0.25, 0.3) is 0 Å². The van der Waals surface area contributed by atoms with Crippen LogP contribution in [0.15, 0.2) is 42.6 Å². The molecule has 0 bridgehead atoms. The number of nitrogens with two attached hydrogens (primary N) is 1. The largest absolute Gasteiger partial charge is 0.324 e. The summed E-state index contributed by atoms with van der Waals surface area (Å²) in [6.07, 6.45) is 3.56. The molecule has 18 heavy (non-hydrogen) atoms. The zero-order valence-electron chi connectivity index (χ0n) is 10.4. The van der Waals surface area contributed by atoms with Crippen LogP contribution in [-0.2, 0) is 6.42 Å². The first-order chi connectivity index (χ1) is 8.66. The normalized spacial score (nSPS) is 12.4. The quantitative estimate of drug-likeness (QED) is 0.911. The van der Waals surface area contributed by atoms with Gasteiger partial charge < -0.3 is 5.73 Å². The van der Waals surface area contributed by atoms with Crippen LogP contribution in [0, 0.1) is 6.92 Å². The predicted molar refractivity (Wildman–Crippen MR) is 75.7 cm³/mol. The number of hydrogen-bond acceptors (Lipinski definition) is 2. The monoisotopic (exact) mass is 260 g/mol. The number of benzene rings is 1. The Morgan fingerprint density at radius 2 is 2.11 bits per heavy atom. The summed E-state index contributed by atoms with van der Waals surface area (Å²) in [5.41, 5.74) is 9.42. The maximum atomic E-state index is 6.18. The first-order valence-electron chi connectivity index (χ1n) is 6.08. The molecule has 0 aliphatic carbocycles. The van der Waals surface area contributed by atoms with Crippen molar-refractivity contribution in [1.82, 2.24) is 4.98 Å². The Balaban J connectivity index is 1.99. The highest BCUT2D eigenvalue weighted by Gasteiger charge is 2.08. The highest BCUT2D eigenvalue weighted by molar-refractivity contribution is 6.31. The number of hydrogen-bond donors (Lipinski definition) is 1. The number of aryl methyl sites for hydroxylation is 2. The molecular weight excluding hydrogens is 244 g/mol. The first-order valence-corrected chi connectivity index (χ1v) is 6.46. The molecule has 2 aromatic rings. The van der Waals surface area contributed by atoms with Gasteiger partial charge >= 0.3 is 0 Å². The second-order valence-corrected chi connectivity index (χ2v) is 4.88. The standard InChI is InChI=1S/C15H17ClN2/c1-11-5-6-12(10-14(11)16)15(17)8-7-13-4-2-3-9-18-13/h2-6,9-10,15H,7-8,17H2,1H3. The zero-order valence-corrected chi connectivity index (χ0v) is 11.2. The molecule has 94 valence electrons. The van der Waals surface area contributed by atoms with Crippen LogP contribution in [0.1, 0.15) is 29.3 Å². The van der Waals surface area contributed by atoms with E-state index in [4.69, 9.17) is 17.3 Å². The van der Waals surface area contributed by atoms with E-state index in [-0.39, 0.29) is 6.04 Å². The third-order valence-corrected chi connectivity index (χ3v) is 3.47. The summed E-state index contributed by atoms with van der Waals surface area (Å²) in [4.78, 5) is 4.29. The second-order valence-electron chi connectivity index (χ2n) is 4.47. The van der Waals surface area contributed by atoms with E-state index in [1.807, 2.05) is 49.5 Å². The molecule has 0 amide bonds. The number of halogens is 1. The maximum Gasteiger partial charge on any atom is 0.0438 e. The number of aromatic nitrogens is 1. The number of nitrogens with zero attached hydrogens (tertiary/aromatic N) is 1. The van der Waals surface area contributed by atoms with Gasteiger partial charge in [-0.2, -0.15) is 0 Å². The van der Waals surface area contributed by atoms with Crippen LogP contribution in [-0.4, -0.2) is 4.98 Å². The van der Waals surface area contributed by atoms with Crippen LogP contribution in [0.4, 0.5) is 0 Å². The van der Waals surface area contributed by atoms with Crippen molar-refractivity contribution in [1.29, 1.82) is 0 Å². The molecule has 0 radical (unpaired) electrons. The molecule has 1 unspecified atom stereocenters. The molecule has 2 nitrogen and oxygen atoms in total. The van der Waals surface area contributed by atoms with Crippen molar-refractivity contribution in [3.05, 3.63) is 64.4 Å². The fourth-order valence-corrected chi connectivity index (χ4v) is 2.04. The number of pyridine rings is 1. The molecule has 0 spiro atoms. The molecule has 2 N–H and O–H groups in total. The maximum absolute atomic E-state index is 6.18. The zero-order chi connectivity index (χ0) is 13.0. The number of rotatable bonds is 4. The lowest BCUT2D eigenvalue weighted by Crippen LogP contribution is -2.11. The van der Waals surface area contributed by atoms with Crippen molar-refractivity contribution in [2.45, 2.75) is 25.8 Å². The van der Waals surface area contributed by atoms with E-state index in [1.165, 1.54) is 0 Å². The summed E-state index contributed by atoms with van der Waals surface area (Å²) in [7, 11) is 0. The van der Waals surface area contributed by atoms with E-state index in [1.54, 1.807) is 0 Å². The van der Waals surface area contributed by atoms with Crippen molar-refractivity contribution >= 4 is 11.6 Å². The molecule has 1 atom stereocenters. The molecule has 3 heteroatoms. The highest BCUT2D eigenvalue weighted by Crippen LogP contribution is 2.22. The van der Waals surface area contributed by atoms with E-state index in [9.17, 15) is 0 Å². The van der Waals surface area contributed by atoms with E-state index in [2.05, 4.69) is 4.98 Å². The molecule has 0 saturated carbocycles. The van der Waals surface area contributed by atoms with Gasteiger partial charge in [-0.05, 0) is 49.1 Å². The third kappa shape index (κ3) is 3.31. The molecule has 0 saturated heterocycles. The van der Waals surface area contributed by atoms with Gasteiger partial charge in [-0.25, -0.2) is 0 Å². The Bertz CT molecular complexity index is 511. The van der Waals surface area contributed by atoms with Gasteiger partial charge in [0.15, 0.2) is 0 Å². The topological polar surface area (TPSA) is 38.9 Å². The fourth-order valence-electron chi connectivity index (χ4n) is 1.86. The molecule has 1 aromatic heterocycles. The van der Waals surface area contributed by atoms with Gasteiger partial charge in [-0.1, -0.05) is 29.8 Å². The molecule has 1 aromatic carbocycles. The van der Waals surface area contributed by atoms with Crippen molar-refractivity contribution < 1.29 is 0 Å². The highest BCUT2D eigenvalue weighted by atomic mass is 35.5. The fraction of sp³-hybridized carbons (Fsp3) is 0.267. The minimum atomic E-state index is 0.00473. The van der Waals surface area contributed by atoms with E-state index in [0.29, 0.717) is 0 Å². The minimum Gasteiger partial charge on any atom is -0.324 e. The van der Waals surface area contributed by atoms with E-state index in [0.717, 1.165) is 34.7 Å². The Kier molecular flexibility index (Phi) is 4.34. The van der Waals surface area contributed by atoms with Crippen molar-refractivity contribution in [3.63, 3.8) is 0 Å². The van der Waals surface area contributed by atoms with Gasteiger partial charge in [0.1, 0.15) is 0 Å². The Hall–Kier alpha value is -1.38. The first kappa shape index (κ1) is 13.1. The summed E-state index contributed by atoms with van der Waals surface area (Å²) in [5.74, 6) is 0. The summed E-state index contributed by atoms with van der Waals surface area (Å²) in [5, 5.41) is 0.779. The molecule has 1 heterocycles. The molecule has 2 rings (SSSR count). The molecular formula is C15H17ClN2. The van der Waals surface area contributed by atoms with Crippen LogP contribution in [0.5, 0.6) is 0 Å². The molecule has 0 aliphatic heterocycles. The second kappa shape index (κ2) is 5.98. The van der Waals surface area contributed by atoms with Gasteiger partial charge in [0.2, 0.25) is 0 Å². The van der Waals surface area contributed by atoms with Crippen molar-refractivity contribution in [2.75, 3.05) is 0 Å². The SMILES string of the molecule is Cc1ccc(C(N)CCc2ccccn2)cc1Cl. The Morgan fingerprint density at radius 1 is 1.28 bits per heavy atom. The summed E-state index contributed by atoms with van der Waals surface area (Å²) in [6.45, 7) is 1.99. The smallest absolute Gasteiger partial charge is 0.0438 e. The average molecular weight is 261 g/mol. The Morgan fingerprint density at radius 3 is 2.78 bits per heavy atom.